The van der Waals surface area contributed by atoms with Crippen molar-refractivity contribution in [3.8, 4) is 44.9 Å². The lowest BCUT2D eigenvalue weighted by Gasteiger charge is -2.29. The van der Waals surface area contributed by atoms with Gasteiger partial charge in [0.1, 0.15) is 17.3 Å². The molecule has 5 nitrogen and oxygen atoms in total. The summed E-state index contributed by atoms with van der Waals surface area (Å²) in [7, 11) is 0. The second-order valence-electron chi connectivity index (χ2n) is 17.1. The van der Waals surface area contributed by atoms with E-state index in [-0.39, 0.29) is 10.8 Å². The van der Waals surface area contributed by atoms with Crippen molar-refractivity contribution >= 4 is 28.6 Å². The Bertz CT molecular complexity index is 2580. The minimum Gasteiger partial charge on any atom is -0.457 e. The predicted molar refractivity (Wildman–Crippen MR) is 238 cm³/mol. The molecule has 0 amide bonds. The van der Waals surface area contributed by atoms with Gasteiger partial charge < -0.3 is 14.5 Å². The number of pyridine rings is 1. The third-order valence-corrected chi connectivity index (χ3v) is 11.0. The molecule has 1 aromatic heterocycles. The number of hydrogen-bond donors (Lipinski definition) is 0. The van der Waals surface area contributed by atoms with Crippen LogP contribution in [-0.4, -0.2) is 11.7 Å². The molecule has 2 aliphatic heterocycles. The van der Waals surface area contributed by atoms with Crippen molar-refractivity contribution in [2.75, 3.05) is 21.4 Å². The second kappa shape index (κ2) is 14.2. The molecule has 0 bridgehead atoms. The first kappa shape index (κ1) is 36.1. The topological polar surface area (TPSA) is 31.8 Å². The number of anilines is 5. The minimum atomic E-state index is 0.0495. The average Bonchev–Trinajstić information content (AvgIpc) is 3.68. The van der Waals surface area contributed by atoms with Crippen LogP contribution in [0.5, 0.6) is 11.5 Å². The lowest BCUT2D eigenvalue weighted by molar-refractivity contribution is 0.483. The molecule has 0 fully saturated rings. The Balaban J connectivity index is 1.05. The van der Waals surface area contributed by atoms with E-state index >= 15 is 0 Å². The summed E-state index contributed by atoms with van der Waals surface area (Å²) in [6.45, 7) is 14.4. The molecule has 2 aliphatic rings. The highest BCUT2D eigenvalue weighted by atomic mass is 16.5. The number of aromatic nitrogens is 1. The van der Waals surface area contributed by atoms with Crippen LogP contribution in [0.3, 0.4) is 0 Å². The summed E-state index contributed by atoms with van der Waals surface area (Å²) < 4.78 is 6.73. The van der Waals surface area contributed by atoms with Gasteiger partial charge in [0.15, 0.2) is 0 Å². The highest BCUT2D eigenvalue weighted by Gasteiger charge is 2.28. The molecule has 0 spiro atoms. The van der Waals surface area contributed by atoms with Crippen molar-refractivity contribution in [1.29, 1.82) is 0 Å². The molecule has 0 saturated carbocycles. The number of fused-ring (bicyclic) bond motifs is 5. The quantitative estimate of drug-likeness (QED) is 0.169. The van der Waals surface area contributed by atoms with Gasteiger partial charge in [0, 0.05) is 53.2 Å². The molecule has 0 unspecified atom stereocenters. The van der Waals surface area contributed by atoms with Gasteiger partial charge in [-0.1, -0.05) is 120 Å². The van der Waals surface area contributed by atoms with E-state index in [1.54, 1.807) is 0 Å². The maximum atomic E-state index is 6.73. The van der Waals surface area contributed by atoms with E-state index in [1.165, 1.54) is 39.1 Å². The van der Waals surface area contributed by atoms with Crippen LogP contribution >= 0.6 is 0 Å². The summed E-state index contributed by atoms with van der Waals surface area (Å²) >= 11 is 0. The number of ether oxygens (including phenoxy) is 1. The van der Waals surface area contributed by atoms with Gasteiger partial charge >= 0.3 is 0 Å². The van der Waals surface area contributed by atoms with Gasteiger partial charge in [-0.15, -0.1) is 0 Å². The molecule has 5 heteroatoms. The zero-order valence-corrected chi connectivity index (χ0v) is 33.6. The molecule has 6 aromatic carbocycles. The highest BCUT2D eigenvalue weighted by Crippen LogP contribution is 2.52. The van der Waals surface area contributed by atoms with E-state index in [4.69, 9.17) is 9.72 Å². The normalized spacial score (nSPS) is 13.5. The van der Waals surface area contributed by atoms with Crippen LogP contribution in [0.25, 0.3) is 33.4 Å². The minimum absolute atomic E-state index is 0.0495. The molecular weight excluding hydrogens is 697 g/mol. The zero-order chi connectivity index (χ0) is 39.3. The fourth-order valence-corrected chi connectivity index (χ4v) is 7.82. The number of rotatable bonds is 6. The van der Waals surface area contributed by atoms with Crippen molar-refractivity contribution in [3.63, 3.8) is 0 Å². The van der Waals surface area contributed by atoms with Gasteiger partial charge in [-0.3, -0.25) is 4.90 Å². The Morgan fingerprint density at radius 3 is 1.84 bits per heavy atom. The maximum Gasteiger partial charge on any atom is 0.137 e. The van der Waals surface area contributed by atoms with Gasteiger partial charge in [0.2, 0.25) is 0 Å². The van der Waals surface area contributed by atoms with E-state index in [0.717, 1.165) is 45.5 Å². The van der Waals surface area contributed by atoms with Gasteiger partial charge in [-0.2, -0.15) is 0 Å². The second-order valence-corrected chi connectivity index (χ2v) is 17.1. The average molecular weight is 745 g/mol. The zero-order valence-electron chi connectivity index (χ0n) is 33.6. The van der Waals surface area contributed by atoms with Gasteiger partial charge in [0.25, 0.3) is 0 Å². The smallest absolute Gasteiger partial charge is 0.137 e. The maximum absolute atomic E-state index is 6.73. The van der Waals surface area contributed by atoms with Crippen molar-refractivity contribution in [3.05, 3.63) is 181 Å². The highest BCUT2D eigenvalue weighted by molar-refractivity contribution is 6.03. The van der Waals surface area contributed by atoms with Crippen LogP contribution in [0.2, 0.25) is 0 Å². The molecule has 0 radical (unpaired) electrons. The van der Waals surface area contributed by atoms with E-state index in [2.05, 4.69) is 202 Å². The Labute approximate surface area is 337 Å². The van der Waals surface area contributed by atoms with E-state index in [9.17, 15) is 0 Å². The first-order valence-corrected chi connectivity index (χ1v) is 19.8. The van der Waals surface area contributed by atoms with Crippen molar-refractivity contribution in [2.24, 2.45) is 0 Å². The third kappa shape index (κ3) is 7.06. The van der Waals surface area contributed by atoms with Crippen LogP contribution in [0, 0.1) is 0 Å². The third-order valence-electron chi connectivity index (χ3n) is 11.0. The van der Waals surface area contributed by atoms with Crippen LogP contribution in [0.1, 0.15) is 52.7 Å². The Morgan fingerprint density at radius 2 is 1.14 bits per heavy atom. The standard InChI is InChI=1S/C52H48N4O/c1-51(2,3)38-30-39(52(4,5)6)32-41(31-38)55-28-27-54(35-55)40-17-14-18-42(33-40)57-43-23-24-46-44-19-10-11-20-45(44)47-29-37(36-15-8-7-9-16-36)22-25-48(47)56(49(46)34-43)50-21-12-13-26-53-50/h7-34H,35H2,1-6H3. The summed E-state index contributed by atoms with van der Waals surface area (Å²) in [5.41, 5.74) is 14.1. The van der Waals surface area contributed by atoms with E-state index in [1.807, 2.05) is 24.4 Å². The first-order valence-electron chi connectivity index (χ1n) is 19.8. The summed E-state index contributed by atoms with van der Waals surface area (Å²) in [5, 5.41) is 0. The fraction of sp³-hybridized carbons (Fsp3) is 0.173. The van der Waals surface area contributed by atoms with Crippen molar-refractivity contribution in [2.45, 2.75) is 52.4 Å². The monoisotopic (exact) mass is 744 g/mol. The molecule has 7 aromatic rings. The van der Waals surface area contributed by atoms with Gasteiger partial charge in [0.05, 0.1) is 18.0 Å². The van der Waals surface area contributed by atoms with Crippen LogP contribution in [0.4, 0.5) is 28.6 Å². The summed E-state index contributed by atoms with van der Waals surface area (Å²) in [5.74, 6) is 2.36. The van der Waals surface area contributed by atoms with Crippen LogP contribution in [-0.2, 0) is 10.8 Å². The lowest BCUT2D eigenvalue weighted by atomic mass is 9.80. The fourth-order valence-electron chi connectivity index (χ4n) is 7.82. The summed E-state index contributed by atoms with van der Waals surface area (Å²) in [6, 6.07) is 53.9. The summed E-state index contributed by atoms with van der Waals surface area (Å²) in [4.78, 5) is 11.8. The number of nitrogens with zero attached hydrogens (tertiary/aromatic N) is 4. The first-order chi connectivity index (χ1) is 27.5. The van der Waals surface area contributed by atoms with Crippen molar-refractivity contribution in [1.82, 2.24) is 4.98 Å². The molecule has 0 N–H and O–H groups in total. The molecule has 3 heterocycles. The van der Waals surface area contributed by atoms with Gasteiger partial charge in [-0.25, -0.2) is 4.98 Å². The largest absolute Gasteiger partial charge is 0.457 e. The number of benzene rings is 6. The van der Waals surface area contributed by atoms with Crippen molar-refractivity contribution < 1.29 is 4.74 Å². The molecule has 282 valence electrons. The molecule has 57 heavy (non-hydrogen) atoms. The summed E-state index contributed by atoms with van der Waals surface area (Å²) in [6.07, 6.45) is 6.19. The van der Waals surface area contributed by atoms with E-state index < -0.39 is 0 Å². The van der Waals surface area contributed by atoms with E-state index in [0.29, 0.717) is 6.67 Å². The SMILES string of the molecule is CC(C)(C)c1cc(N2C=CN(c3cccc(Oc4ccc5c(c4)N(c4ccccn4)c4ccc(-c6ccccc6)cc4-c4ccccc4-5)c3)C2)cc(C(C)(C)C)c1. The molecule has 0 atom stereocenters. The molecule has 0 saturated heterocycles. The molecule has 9 rings (SSSR count). The Hall–Kier alpha value is -6.59. The van der Waals surface area contributed by atoms with Crippen LogP contribution in [0.15, 0.2) is 170 Å². The molecular formula is C52H48N4O. The molecule has 0 aliphatic carbocycles. The predicted octanol–water partition coefficient (Wildman–Crippen LogP) is 14.0. The number of hydrogen-bond acceptors (Lipinski definition) is 5. The van der Waals surface area contributed by atoms with Crippen LogP contribution < -0.4 is 19.4 Å². The van der Waals surface area contributed by atoms with Gasteiger partial charge in [-0.05, 0) is 105 Å². The Kier molecular flexibility index (Phi) is 8.96. The lowest BCUT2D eigenvalue weighted by Crippen LogP contribution is -2.26. The Morgan fingerprint density at radius 1 is 0.474 bits per heavy atom.